The van der Waals surface area contributed by atoms with Gasteiger partial charge in [0.15, 0.2) is 12.0 Å². The summed E-state index contributed by atoms with van der Waals surface area (Å²) in [5.74, 6) is -0.187. The van der Waals surface area contributed by atoms with Gasteiger partial charge in [-0.1, -0.05) is 30.3 Å². The number of rotatable bonds is 10. The van der Waals surface area contributed by atoms with Crippen LogP contribution in [0.4, 0.5) is 5.00 Å². The number of amides is 1. The Hall–Kier alpha value is -2.46. The number of hydrogen-bond donors (Lipinski definition) is 1. The Kier molecular flexibility index (Phi) is 8.58. The first-order valence-electron chi connectivity index (χ1n) is 11.8. The summed E-state index contributed by atoms with van der Waals surface area (Å²) in [7, 11) is 1.43. The van der Waals surface area contributed by atoms with E-state index in [0.29, 0.717) is 16.2 Å². The van der Waals surface area contributed by atoms with Crippen LogP contribution in [0.2, 0.25) is 0 Å². The third-order valence-electron chi connectivity index (χ3n) is 5.62. The zero-order valence-electron chi connectivity index (χ0n) is 21.5. The summed E-state index contributed by atoms with van der Waals surface area (Å²) in [5.41, 5.74) is 0.808. The van der Waals surface area contributed by atoms with Crippen LogP contribution in [0.15, 0.2) is 30.3 Å². The van der Waals surface area contributed by atoms with Gasteiger partial charge in [-0.2, -0.15) is 0 Å². The zero-order valence-corrected chi connectivity index (χ0v) is 22.3. The minimum Gasteiger partial charge on any atom is -0.494 e. The molecular weight excluding hydrogens is 468 g/mol. The van der Waals surface area contributed by atoms with E-state index in [9.17, 15) is 14.7 Å². The van der Waals surface area contributed by atoms with Crippen molar-refractivity contribution in [2.45, 2.75) is 71.7 Å². The highest BCUT2D eigenvalue weighted by Gasteiger charge is 2.44. The molecule has 1 aromatic carbocycles. The first-order valence-corrected chi connectivity index (χ1v) is 12.6. The van der Waals surface area contributed by atoms with Gasteiger partial charge in [-0.3, -0.25) is 14.5 Å². The molecule has 3 atom stereocenters. The van der Waals surface area contributed by atoms with Crippen LogP contribution in [0, 0.1) is 0 Å². The number of methoxy groups -OCH3 is 1. The fourth-order valence-corrected chi connectivity index (χ4v) is 5.14. The minimum absolute atomic E-state index is 0.0677. The summed E-state index contributed by atoms with van der Waals surface area (Å²) < 4.78 is 17.6. The topological polar surface area (TPSA) is 88.5 Å². The summed E-state index contributed by atoms with van der Waals surface area (Å²) >= 11 is 1.13. The van der Waals surface area contributed by atoms with Crippen molar-refractivity contribution in [1.29, 1.82) is 0 Å². The maximum absolute atomic E-state index is 13.6. The molecule has 192 valence electrons. The first kappa shape index (κ1) is 27.1. The van der Waals surface area contributed by atoms with E-state index in [1.165, 1.54) is 12.0 Å². The molecule has 0 fully saturated rings. The van der Waals surface area contributed by atoms with E-state index in [1.807, 2.05) is 71.9 Å². The molecule has 9 heteroatoms. The van der Waals surface area contributed by atoms with E-state index < -0.39 is 23.9 Å². The van der Waals surface area contributed by atoms with Gasteiger partial charge in [-0.05, 0) is 47.1 Å². The fourth-order valence-electron chi connectivity index (χ4n) is 4.04. The van der Waals surface area contributed by atoms with Crippen LogP contribution in [-0.4, -0.2) is 66.6 Å². The molecule has 2 aromatic rings. The lowest BCUT2D eigenvalue weighted by Gasteiger charge is -2.45. The number of carbonyl (C=O) groups excluding carboxylic acids is 2. The number of thiophene rings is 1. The predicted molar refractivity (Wildman–Crippen MR) is 136 cm³/mol. The second-order valence-electron chi connectivity index (χ2n) is 9.87. The van der Waals surface area contributed by atoms with E-state index >= 15 is 0 Å². The monoisotopic (exact) mass is 504 g/mol. The number of carbonyl (C=O) groups is 2. The maximum atomic E-state index is 13.6. The van der Waals surface area contributed by atoms with E-state index in [-0.39, 0.29) is 36.7 Å². The molecule has 35 heavy (non-hydrogen) atoms. The number of aldehydes is 1. The second kappa shape index (κ2) is 11.1. The molecule has 1 amide bonds. The highest BCUT2D eigenvalue weighted by Crippen LogP contribution is 2.46. The van der Waals surface area contributed by atoms with Gasteiger partial charge in [0.25, 0.3) is 5.91 Å². The van der Waals surface area contributed by atoms with Gasteiger partial charge >= 0.3 is 0 Å². The second-order valence-corrected chi connectivity index (χ2v) is 10.9. The van der Waals surface area contributed by atoms with Crippen molar-refractivity contribution in [2.24, 2.45) is 0 Å². The van der Waals surface area contributed by atoms with Crippen molar-refractivity contribution in [1.82, 2.24) is 4.90 Å². The molecule has 3 rings (SSSR count). The highest BCUT2D eigenvalue weighted by molar-refractivity contribution is 7.18. The van der Waals surface area contributed by atoms with Gasteiger partial charge in [0.2, 0.25) is 6.35 Å². The zero-order chi connectivity index (χ0) is 25.9. The maximum Gasteiger partial charge on any atom is 0.264 e. The SMILES string of the molecule is COc1c(C=O)sc2c1C(=O)N(C(C)COC(C)(C)C)C(O)N2CC(OC(C)C)c1ccccc1. The number of hydrogen-bond acceptors (Lipinski definition) is 8. The molecule has 1 aliphatic rings. The molecule has 0 aliphatic carbocycles. The molecule has 0 spiro atoms. The van der Waals surface area contributed by atoms with Crippen molar-refractivity contribution >= 4 is 28.5 Å². The number of nitrogens with zero attached hydrogens (tertiary/aromatic N) is 2. The molecular formula is C26H36N2O6S. The van der Waals surface area contributed by atoms with Crippen LogP contribution in [0.3, 0.4) is 0 Å². The molecule has 0 saturated heterocycles. The largest absolute Gasteiger partial charge is 0.494 e. The first-order chi connectivity index (χ1) is 16.5. The third-order valence-corrected chi connectivity index (χ3v) is 6.76. The molecule has 0 radical (unpaired) electrons. The summed E-state index contributed by atoms with van der Waals surface area (Å²) in [5, 5.41) is 12.0. The van der Waals surface area contributed by atoms with Crippen molar-refractivity contribution < 1.29 is 28.9 Å². The summed E-state index contributed by atoms with van der Waals surface area (Å²) in [6, 6.07) is 9.30. The van der Waals surface area contributed by atoms with Gasteiger partial charge in [0, 0.05) is 0 Å². The van der Waals surface area contributed by atoms with Crippen LogP contribution < -0.4 is 9.64 Å². The van der Waals surface area contributed by atoms with Gasteiger partial charge < -0.3 is 24.2 Å². The van der Waals surface area contributed by atoms with Crippen molar-refractivity contribution in [3.8, 4) is 5.75 Å². The molecule has 1 N–H and O–H groups in total. The number of ether oxygens (including phenoxy) is 3. The van der Waals surface area contributed by atoms with Gasteiger partial charge in [-0.15, -0.1) is 11.3 Å². The van der Waals surface area contributed by atoms with Crippen LogP contribution in [0.1, 0.15) is 73.2 Å². The Morgan fingerprint density at radius 2 is 1.83 bits per heavy atom. The molecule has 1 aliphatic heterocycles. The standard InChI is InChI=1S/C26H36N2O6S/c1-16(2)34-19(18-11-9-8-10-12-18)13-27-24-21(22(32-7)20(14-29)35-24)23(30)28(25(27)31)17(3)15-33-26(4,5)6/h8-12,14,16-17,19,25,31H,13,15H2,1-7H3. The third kappa shape index (κ3) is 6.03. The van der Waals surface area contributed by atoms with E-state index in [0.717, 1.165) is 16.9 Å². The molecule has 0 bridgehead atoms. The number of anilines is 1. The van der Waals surface area contributed by atoms with Crippen LogP contribution in [-0.2, 0) is 9.47 Å². The quantitative estimate of drug-likeness (QED) is 0.477. The molecule has 2 heterocycles. The minimum atomic E-state index is -1.28. The van der Waals surface area contributed by atoms with Crippen molar-refractivity contribution in [2.75, 3.05) is 25.2 Å². The molecule has 8 nitrogen and oxygen atoms in total. The van der Waals surface area contributed by atoms with Gasteiger partial charge in [0.1, 0.15) is 21.5 Å². The smallest absolute Gasteiger partial charge is 0.264 e. The Labute approximate surface area is 211 Å². The van der Waals surface area contributed by atoms with Crippen LogP contribution in [0.5, 0.6) is 5.75 Å². The Bertz CT molecular complexity index is 1020. The number of fused-ring (bicyclic) bond motifs is 1. The molecule has 3 unspecified atom stereocenters. The van der Waals surface area contributed by atoms with E-state index in [2.05, 4.69) is 0 Å². The Morgan fingerprint density at radius 1 is 1.17 bits per heavy atom. The van der Waals surface area contributed by atoms with Crippen LogP contribution in [0.25, 0.3) is 0 Å². The number of aliphatic hydroxyl groups is 1. The fraction of sp³-hybridized carbons (Fsp3) is 0.538. The summed E-state index contributed by atoms with van der Waals surface area (Å²) in [6.07, 6.45) is -1.06. The lowest BCUT2D eigenvalue weighted by Crippen LogP contribution is -2.59. The Balaban J connectivity index is 2.06. The van der Waals surface area contributed by atoms with E-state index in [1.54, 1.807) is 4.90 Å². The average molecular weight is 505 g/mol. The van der Waals surface area contributed by atoms with E-state index in [4.69, 9.17) is 14.2 Å². The summed E-state index contributed by atoms with van der Waals surface area (Å²) in [4.78, 5) is 28.8. The highest BCUT2D eigenvalue weighted by atomic mass is 32.1. The number of benzene rings is 1. The van der Waals surface area contributed by atoms with Gasteiger partial charge in [0.05, 0.1) is 38.0 Å². The van der Waals surface area contributed by atoms with Crippen LogP contribution >= 0.6 is 11.3 Å². The molecule has 0 saturated carbocycles. The lowest BCUT2D eigenvalue weighted by atomic mass is 10.1. The average Bonchev–Trinajstić information content (AvgIpc) is 3.18. The number of aliphatic hydroxyl groups excluding tert-OH is 1. The van der Waals surface area contributed by atoms with Crippen molar-refractivity contribution in [3.05, 3.63) is 46.3 Å². The lowest BCUT2D eigenvalue weighted by molar-refractivity contribution is -0.0690. The van der Waals surface area contributed by atoms with Crippen molar-refractivity contribution in [3.63, 3.8) is 0 Å². The summed E-state index contributed by atoms with van der Waals surface area (Å²) in [6.45, 7) is 12.0. The Morgan fingerprint density at radius 3 is 2.37 bits per heavy atom. The van der Waals surface area contributed by atoms with Gasteiger partial charge in [-0.25, -0.2) is 0 Å². The molecule has 1 aromatic heterocycles. The normalized spacial score (nSPS) is 18.0. The predicted octanol–water partition coefficient (Wildman–Crippen LogP) is 4.48.